The van der Waals surface area contributed by atoms with E-state index in [0.29, 0.717) is 24.6 Å². The zero-order valence-electron chi connectivity index (χ0n) is 9.27. The molecule has 1 fully saturated rings. The molecule has 1 aromatic rings. The molecule has 1 aliphatic rings. The molecule has 0 spiro atoms. The minimum Gasteiger partial charge on any atom is -0.480 e. The monoisotopic (exact) mass is 226 g/mol. The van der Waals surface area contributed by atoms with Gasteiger partial charge in [0, 0.05) is 13.0 Å². The van der Waals surface area contributed by atoms with Gasteiger partial charge in [-0.2, -0.15) is 4.98 Å². The van der Waals surface area contributed by atoms with Crippen molar-refractivity contribution >= 4 is 0 Å². The van der Waals surface area contributed by atoms with E-state index in [4.69, 9.17) is 14.2 Å². The van der Waals surface area contributed by atoms with E-state index in [2.05, 4.69) is 9.97 Å². The van der Waals surface area contributed by atoms with E-state index in [-0.39, 0.29) is 12.5 Å². The molecular formula is C10H14N2O4. The SMILES string of the molecule is COc1cnc(C2(O)CCOC2)c(OC)n1. The third-order valence-electron chi connectivity index (χ3n) is 2.56. The lowest BCUT2D eigenvalue weighted by Crippen LogP contribution is -2.28. The van der Waals surface area contributed by atoms with Gasteiger partial charge < -0.3 is 19.3 Å². The molecule has 2 rings (SSSR count). The number of aromatic nitrogens is 2. The predicted molar refractivity (Wildman–Crippen MR) is 54.5 cm³/mol. The maximum atomic E-state index is 10.3. The smallest absolute Gasteiger partial charge is 0.241 e. The Hall–Kier alpha value is -1.40. The summed E-state index contributed by atoms with van der Waals surface area (Å²) in [5, 5.41) is 10.3. The van der Waals surface area contributed by atoms with Gasteiger partial charge in [0.1, 0.15) is 11.3 Å². The molecule has 1 aliphatic heterocycles. The molecule has 1 atom stereocenters. The number of hydrogen-bond acceptors (Lipinski definition) is 6. The van der Waals surface area contributed by atoms with Gasteiger partial charge in [-0.05, 0) is 0 Å². The van der Waals surface area contributed by atoms with Crippen LogP contribution in [0.5, 0.6) is 11.8 Å². The molecule has 88 valence electrons. The fourth-order valence-electron chi connectivity index (χ4n) is 1.66. The van der Waals surface area contributed by atoms with Crippen molar-refractivity contribution in [2.24, 2.45) is 0 Å². The first-order valence-electron chi connectivity index (χ1n) is 4.95. The van der Waals surface area contributed by atoms with Crippen molar-refractivity contribution in [3.8, 4) is 11.8 Å². The topological polar surface area (TPSA) is 73.7 Å². The van der Waals surface area contributed by atoms with Crippen LogP contribution in [0.25, 0.3) is 0 Å². The van der Waals surface area contributed by atoms with Gasteiger partial charge in [0.2, 0.25) is 11.8 Å². The van der Waals surface area contributed by atoms with Crippen LogP contribution in [0.2, 0.25) is 0 Å². The molecule has 6 nitrogen and oxygen atoms in total. The van der Waals surface area contributed by atoms with Gasteiger partial charge >= 0.3 is 0 Å². The van der Waals surface area contributed by atoms with E-state index < -0.39 is 5.60 Å². The zero-order valence-corrected chi connectivity index (χ0v) is 9.27. The van der Waals surface area contributed by atoms with Gasteiger partial charge in [0.15, 0.2) is 0 Å². The van der Waals surface area contributed by atoms with Crippen LogP contribution in [-0.4, -0.2) is 42.5 Å². The molecule has 16 heavy (non-hydrogen) atoms. The Bertz CT molecular complexity index is 377. The van der Waals surface area contributed by atoms with Crippen LogP contribution < -0.4 is 9.47 Å². The maximum Gasteiger partial charge on any atom is 0.241 e. The van der Waals surface area contributed by atoms with Crippen molar-refractivity contribution in [3.05, 3.63) is 11.9 Å². The first-order valence-corrected chi connectivity index (χ1v) is 4.95. The Balaban J connectivity index is 2.39. The van der Waals surface area contributed by atoms with Crippen LogP contribution in [0.15, 0.2) is 6.20 Å². The van der Waals surface area contributed by atoms with Crippen LogP contribution >= 0.6 is 0 Å². The number of ether oxygens (including phenoxy) is 3. The minimum atomic E-state index is -1.11. The van der Waals surface area contributed by atoms with Gasteiger partial charge in [-0.3, -0.25) is 0 Å². The number of nitrogens with zero attached hydrogens (tertiary/aromatic N) is 2. The average Bonchev–Trinajstić information content (AvgIpc) is 2.76. The number of rotatable bonds is 3. The quantitative estimate of drug-likeness (QED) is 0.788. The number of aliphatic hydroxyl groups is 1. The third-order valence-corrected chi connectivity index (χ3v) is 2.56. The highest BCUT2D eigenvalue weighted by molar-refractivity contribution is 5.28. The summed E-state index contributed by atoms with van der Waals surface area (Å²) in [7, 11) is 2.97. The summed E-state index contributed by atoms with van der Waals surface area (Å²) in [6.45, 7) is 0.720. The average molecular weight is 226 g/mol. The summed E-state index contributed by atoms with van der Waals surface area (Å²) >= 11 is 0. The predicted octanol–water partition coefficient (Wildman–Crippen LogP) is 0.102. The highest BCUT2D eigenvalue weighted by Crippen LogP contribution is 2.34. The van der Waals surface area contributed by atoms with Gasteiger partial charge in [0.05, 0.1) is 27.0 Å². The highest BCUT2D eigenvalue weighted by Gasteiger charge is 2.39. The number of hydrogen-bond donors (Lipinski definition) is 1. The van der Waals surface area contributed by atoms with Gasteiger partial charge in [-0.25, -0.2) is 4.98 Å². The Morgan fingerprint density at radius 1 is 1.44 bits per heavy atom. The summed E-state index contributed by atoms with van der Waals surface area (Å²) in [5.74, 6) is 0.621. The largest absolute Gasteiger partial charge is 0.480 e. The summed E-state index contributed by atoms with van der Waals surface area (Å²) < 4.78 is 15.2. The molecule has 0 aromatic carbocycles. The molecule has 1 aromatic heterocycles. The molecule has 0 amide bonds. The summed E-state index contributed by atoms with van der Waals surface area (Å²) in [4.78, 5) is 8.21. The Morgan fingerprint density at radius 3 is 2.81 bits per heavy atom. The van der Waals surface area contributed by atoms with Crippen molar-refractivity contribution in [1.82, 2.24) is 9.97 Å². The lowest BCUT2D eigenvalue weighted by atomic mass is 9.99. The van der Waals surface area contributed by atoms with E-state index >= 15 is 0 Å². The van der Waals surface area contributed by atoms with E-state index in [1.165, 1.54) is 20.4 Å². The van der Waals surface area contributed by atoms with Crippen molar-refractivity contribution in [1.29, 1.82) is 0 Å². The minimum absolute atomic E-state index is 0.213. The summed E-state index contributed by atoms with van der Waals surface area (Å²) in [6.07, 6.45) is 1.94. The first kappa shape index (κ1) is 11.1. The Labute approximate surface area is 93.2 Å². The lowest BCUT2D eigenvalue weighted by molar-refractivity contribution is 0.0166. The second-order valence-corrected chi connectivity index (χ2v) is 3.60. The maximum absolute atomic E-state index is 10.3. The van der Waals surface area contributed by atoms with E-state index in [1.807, 2.05) is 0 Å². The van der Waals surface area contributed by atoms with Crippen LogP contribution in [0.3, 0.4) is 0 Å². The molecule has 0 bridgehead atoms. The van der Waals surface area contributed by atoms with E-state index in [9.17, 15) is 5.11 Å². The Kier molecular flexibility index (Phi) is 2.93. The van der Waals surface area contributed by atoms with E-state index in [0.717, 1.165) is 0 Å². The molecule has 1 unspecified atom stereocenters. The molecule has 1 saturated heterocycles. The zero-order chi connectivity index (χ0) is 11.6. The third kappa shape index (κ3) is 1.81. The van der Waals surface area contributed by atoms with Crippen LogP contribution in [0.1, 0.15) is 12.1 Å². The molecule has 0 saturated carbocycles. The molecule has 0 radical (unpaired) electrons. The van der Waals surface area contributed by atoms with Gasteiger partial charge in [-0.1, -0.05) is 0 Å². The normalized spacial score (nSPS) is 24.4. The van der Waals surface area contributed by atoms with Gasteiger partial charge in [-0.15, -0.1) is 0 Å². The lowest BCUT2D eigenvalue weighted by Gasteiger charge is -2.21. The van der Waals surface area contributed by atoms with Crippen LogP contribution in [-0.2, 0) is 10.3 Å². The fourth-order valence-corrected chi connectivity index (χ4v) is 1.66. The van der Waals surface area contributed by atoms with Crippen molar-refractivity contribution < 1.29 is 19.3 Å². The standard InChI is InChI=1S/C10H14N2O4/c1-14-7-5-11-8(9(12-7)15-2)10(13)3-4-16-6-10/h5,13H,3-4,6H2,1-2H3. The van der Waals surface area contributed by atoms with Crippen molar-refractivity contribution in [2.75, 3.05) is 27.4 Å². The van der Waals surface area contributed by atoms with E-state index in [1.54, 1.807) is 0 Å². The molecule has 2 heterocycles. The number of methoxy groups -OCH3 is 2. The molecule has 1 N–H and O–H groups in total. The molecule has 6 heteroatoms. The van der Waals surface area contributed by atoms with Crippen molar-refractivity contribution in [2.45, 2.75) is 12.0 Å². The highest BCUT2D eigenvalue weighted by atomic mass is 16.5. The van der Waals surface area contributed by atoms with Crippen molar-refractivity contribution in [3.63, 3.8) is 0 Å². The molecule has 0 aliphatic carbocycles. The summed E-state index contributed by atoms with van der Waals surface area (Å²) in [5.41, 5.74) is -0.710. The fraction of sp³-hybridized carbons (Fsp3) is 0.600. The van der Waals surface area contributed by atoms with Crippen LogP contribution in [0.4, 0.5) is 0 Å². The second kappa shape index (κ2) is 4.23. The second-order valence-electron chi connectivity index (χ2n) is 3.60. The molecular weight excluding hydrogens is 212 g/mol. The van der Waals surface area contributed by atoms with Gasteiger partial charge in [0.25, 0.3) is 0 Å². The summed E-state index contributed by atoms with van der Waals surface area (Å²) in [6, 6.07) is 0. The van der Waals surface area contributed by atoms with Crippen LogP contribution in [0, 0.1) is 0 Å². The first-order chi connectivity index (χ1) is 7.69. The Morgan fingerprint density at radius 2 is 2.25 bits per heavy atom.